The first kappa shape index (κ1) is 19.3. The number of carbonyl (C=O) groups is 2. The zero-order valence-electron chi connectivity index (χ0n) is 14.5. The van der Waals surface area contributed by atoms with Gasteiger partial charge in [-0.25, -0.2) is 13.2 Å². The van der Waals surface area contributed by atoms with E-state index in [0.29, 0.717) is 0 Å². The van der Waals surface area contributed by atoms with Crippen LogP contribution in [0.4, 0.5) is 0 Å². The lowest BCUT2D eigenvalue weighted by atomic mass is 9.88. The van der Waals surface area contributed by atoms with Gasteiger partial charge in [-0.2, -0.15) is 0 Å². The molecule has 142 valence electrons. The van der Waals surface area contributed by atoms with E-state index in [2.05, 4.69) is 15.9 Å². The van der Waals surface area contributed by atoms with E-state index in [1.807, 2.05) is 6.07 Å². The van der Waals surface area contributed by atoms with E-state index in [0.717, 1.165) is 10.5 Å². The van der Waals surface area contributed by atoms with Crippen molar-refractivity contribution >= 4 is 37.6 Å². The molecule has 4 atom stereocenters. The molecule has 0 radical (unpaired) electrons. The Bertz CT molecular complexity index is 853. The van der Waals surface area contributed by atoms with Crippen LogP contribution in [0.3, 0.4) is 0 Å². The van der Waals surface area contributed by atoms with Gasteiger partial charge in [0, 0.05) is 0 Å². The fraction of sp³-hybridized carbons (Fsp3) is 0.529. The second-order valence-electron chi connectivity index (χ2n) is 7.10. The highest BCUT2D eigenvalue weighted by atomic mass is 79.9. The normalized spacial score (nSPS) is 32.5. The third kappa shape index (κ3) is 2.30. The van der Waals surface area contributed by atoms with Gasteiger partial charge in [-0.3, -0.25) is 9.69 Å². The Labute approximate surface area is 160 Å². The fourth-order valence-electron chi connectivity index (χ4n) is 3.53. The van der Waals surface area contributed by atoms with Crippen LogP contribution in [0, 0.1) is 5.92 Å². The molecule has 0 aliphatic carbocycles. The van der Waals surface area contributed by atoms with Gasteiger partial charge in [0.25, 0.3) is 0 Å². The number of aliphatic hydroxyl groups excluding tert-OH is 1. The summed E-state index contributed by atoms with van der Waals surface area (Å²) in [5, 5.41) is 8.55. The van der Waals surface area contributed by atoms with Gasteiger partial charge in [-0.05, 0) is 42.3 Å². The van der Waals surface area contributed by atoms with Crippen molar-refractivity contribution in [3.05, 3.63) is 35.9 Å². The lowest BCUT2D eigenvalue weighted by Crippen LogP contribution is -2.69. The van der Waals surface area contributed by atoms with Crippen molar-refractivity contribution in [2.75, 3.05) is 0 Å². The van der Waals surface area contributed by atoms with Crippen molar-refractivity contribution in [1.82, 2.24) is 4.90 Å². The van der Waals surface area contributed by atoms with E-state index in [4.69, 9.17) is 4.74 Å². The number of β-lactam (4-membered cyclic amide) rings is 1. The molecule has 1 aromatic rings. The lowest BCUT2D eigenvalue weighted by molar-refractivity contribution is -0.174. The maximum atomic E-state index is 13.0. The number of rotatable bonds is 4. The Morgan fingerprint density at radius 3 is 2.46 bits per heavy atom. The number of hydrogen-bond acceptors (Lipinski definition) is 6. The van der Waals surface area contributed by atoms with Crippen molar-refractivity contribution < 1.29 is 27.9 Å². The number of halogens is 1. The molecular formula is C17H20BrNO6S. The molecule has 2 fully saturated rings. The first-order chi connectivity index (χ1) is 12.0. The molecule has 3 rings (SSSR count). The third-order valence-electron chi connectivity index (χ3n) is 5.25. The highest BCUT2D eigenvalue weighted by molar-refractivity contribution is 9.10. The average Bonchev–Trinajstić information content (AvgIpc) is 2.66. The molecule has 1 N–H and O–H groups in total. The van der Waals surface area contributed by atoms with E-state index in [1.54, 1.807) is 24.3 Å². The number of esters is 1. The number of ether oxygens (including phenoxy) is 1. The van der Waals surface area contributed by atoms with Crippen molar-refractivity contribution in [3.8, 4) is 0 Å². The summed E-state index contributed by atoms with van der Waals surface area (Å²) in [6.07, 6.45) is -1.13. The van der Waals surface area contributed by atoms with Gasteiger partial charge in [-0.15, -0.1) is 0 Å². The lowest BCUT2D eigenvalue weighted by Gasteiger charge is -2.47. The van der Waals surface area contributed by atoms with E-state index in [9.17, 15) is 23.1 Å². The molecular weight excluding hydrogens is 426 g/mol. The molecule has 2 saturated heterocycles. The molecule has 26 heavy (non-hydrogen) atoms. The minimum Gasteiger partial charge on any atom is -0.458 e. The second-order valence-corrected chi connectivity index (χ2v) is 10.8. The SMILES string of the molecule is C[C@H](O)[C@@H]1C(=O)N2[C@@H]1S(=O)(=O)C(C)(C)[C@]2(Br)C(=O)OCc1ccccc1. The maximum absolute atomic E-state index is 13.0. The van der Waals surface area contributed by atoms with Crippen molar-refractivity contribution in [2.24, 2.45) is 5.92 Å². The van der Waals surface area contributed by atoms with Crippen LogP contribution < -0.4 is 0 Å². The molecule has 2 heterocycles. The third-order valence-corrected chi connectivity index (χ3v) is 10.1. The summed E-state index contributed by atoms with van der Waals surface area (Å²) in [5.74, 6) is -2.52. The first-order valence-electron chi connectivity index (χ1n) is 8.12. The highest BCUT2D eigenvalue weighted by Crippen LogP contribution is 2.58. The van der Waals surface area contributed by atoms with E-state index in [1.165, 1.54) is 20.8 Å². The molecule has 0 saturated carbocycles. The molecule has 0 aromatic heterocycles. The Morgan fingerprint density at radius 1 is 1.35 bits per heavy atom. The van der Waals surface area contributed by atoms with Crippen molar-refractivity contribution in [3.63, 3.8) is 0 Å². The monoisotopic (exact) mass is 445 g/mol. The summed E-state index contributed by atoms with van der Waals surface area (Å²) in [4.78, 5) is 26.4. The molecule has 0 bridgehead atoms. The van der Waals surface area contributed by atoms with Crippen LogP contribution in [0.25, 0.3) is 0 Å². The number of aliphatic hydroxyl groups is 1. The predicted molar refractivity (Wildman–Crippen MR) is 96.7 cm³/mol. The van der Waals surface area contributed by atoms with Crippen LogP contribution in [0.2, 0.25) is 0 Å². The molecule has 0 spiro atoms. The molecule has 1 aromatic carbocycles. The number of nitrogens with zero attached hydrogens (tertiary/aromatic N) is 1. The van der Waals surface area contributed by atoms with E-state index in [-0.39, 0.29) is 6.61 Å². The van der Waals surface area contributed by atoms with Gasteiger partial charge >= 0.3 is 5.97 Å². The summed E-state index contributed by atoms with van der Waals surface area (Å²) in [7, 11) is -3.93. The van der Waals surface area contributed by atoms with Crippen LogP contribution in [0.1, 0.15) is 26.3 Å². The topological polar surface area (TPSA) is 101 Å². The number of carbonyl (C=O) groups excluding carboxylic acids is 2. The Balaban J connectivity index is 1.94. The van der Waals surface area contributed by atoms with Crippen LogP contribution in [-0.4, -0.2) is 51.0 Å². The minimum absolute atomic E-state index is 0.0460. The number of fused-ring (bicyclic) bond motifs is 1. The van der Waals surface area contributed by atoms with Crippen LogP contribution in [0.15, 0.2) is 30.3 Å². The summed E-state index contributed by atoms with van der Waals surface area (Å²) < 4.78 is 27.8. The molecule has 0 unspecified atom stereocenters. The quantitative estimate of drug-likeness (QED) is 0.323. The van der Waals surface area contributed by atoms with Gasteiger partial charge in [0.15, 0.2) is 15.2 Å². The first-order valence-corrected chi connectivity index (χ1v) is 10.5. The van der Waals surface area contributed by atoms with Crippen LogP contribution in [-0.2, 0) is 30.8 Å². The summed E-state index contributed by atoms with van der Waals surface area (Å²) in [6, 6.07) is 8.94. The van der Waals surface area contributed by atoms with Crippen molar-refractivity contribution in [1.29, 1.82) is 0 Å². The van der Waals surface area contributed by atoms with E-state index >= 15 is 0 Å². The number of benzene rings is 1. The van der Waals surface area contributed by atoms with Gasteiger partial charge in [0.1, 0.15) is 11.4 Å². The zero-order valence-corrected chi connectivity index (χ0v) is 17.0. The smallest absolute Gasteiger partial charge is 0.345 e. The maximum Gasteiger partial charge on any atom is 0.345 e. The zero-order chi connectivity index (χ0) is 19.5. The van der Waals surface area contributed by atoms with Gasteiger partial charge in [0.05, 0.1) is 12.0 Å². The van der Waals surface area contributed by atoms with Crippen molar-refractivity contribution in [2.45, 2.75) is 48.1 Å². The average molecular weight is 446 g/mol. The second kappa shape index (κ2) is 6.03. The summed E-state index contributed by atoms with van der Waals surface area (Å²) in [6.45, 7) is 4.08. The Morgan fingerprint density at radius 2 is 1.92 bits per heavy atom. The standard InChI is InChI=1S/C17H20BrNO6S/c1-10(20)12-13(21)19-14(12)26(23,24)16(2,3)17(19,18)15(22)25-9-11-7-5-4-6-8-11/h4-8,10,12,14,20H,9H2,1-3H3/t10-,12+,14+,17-/m0/s1. The summed E-state index contributed by atoms with van der Waals surface area (Å²) in [5.41, 5.74) is 0.740. The van der Waals surface area contributed by atoms with Gasteiger partial charge < -0.3 is 9.84 Å². The molecule has 2 aliphatic heterocycles. The number of sulfone groups is 1. The largest absolute Gasteiger partial charge is 0.458 e. The highest BCUT2D eigenvalue weighted by Gasteiger charge is 2.80. The molecule has 9 heteroatoms. The van der Waals surface area contributed by atoms with Gasteiger partial charge in [-0.1, -0.05) is 30.3 Å². The van der Waals surface area contributed by atoms with E-state index < -0.39 is 48.3 Å². The minimum atomic E-state index is -3.93. The number of alkyl halides is 1. The predicted octanol–water partition coefficient (Wildman–Crippen LogP) is 1.19. The Hall–Kier alpha value is -1.45. The molecule has 2 aliphatic rings. The number of amides is 1. The van der Waals surface area contributed by atoms with Crippen LogP contribution in [0.5, 0.6) is 0 Å². The van der Waals surface area contributed by atoms with Crippen LogP contribution >= 0.6 is 15.9 Å². The van der Waals surface area contributed by atoms with Gasteiger partial charge in [0.2, 0.25) is 10.4 Å². The Kier molecular flexibility index (Phi) is 4.48. The fourth-order valence-corrected chi connectivity index (χ4v) is 7.29. The molecule has 1 amide bonds. The number of hydrogen-bond donors (Lipinski definition) is 1. The molecule has 7 nitrogen and oxygen atoms in total. The summed E-state index contributed by atoms with van der Waals surface area (Å²) >= 11 is 3.23.